The standard InChI is InChI=1S/C20H24N2O5S/c1-2-26-20(23)17-7-9-19(10-8-17)28(24,25)22(15-18-6-4-12-27-18)14-16-5-3-11-21-13-16/h3,5,7-11,13,18H,2,4,6,12,14-15H2,1H3/t18-/m0/s1. The van der Waals surface area contributed by atoms with E-state index in [1.807, 2.05) is 6.07 Å². The second-order valence-corrected chi connectivity index (χ2v) is 8.48. The summed E-state index contributed by atoms with van der Waals surface area (Å²) in [6.45, 7) is 3.11. The predicted molar refractivity (Wildman–Crippen MR) is 103 cm³/mol. The molecule has 2 aromatic rings. The van der Waals surface area contributed by atoms with Gasteiger partial charge in [0.15, 0.2) is 0 Å². The molecule has 2 heterocycles. The van der Waals surface area contributed by atoms with E-state index in [2.05, 4.69) is 4.98 Å². The maximum atomic E-state index is 13.3. The van der Waals surface area contributed by atoms with Crippen LogP contribution in [-0.4, -0.2) is 49.5 Å². The second kappa shape index (κ2) is 9.27. The van der Waals surface area contributed by atoms with Gasteiger partial charge in [-0.05, 0) is 55.7 Å². The second-order valence-electron chi connectivity index (χ2n) is 6.54. The molecular formula is C20H24N2O5S. The van der Waals surface area contributed by atoms with E-state index in [-0.39, 0.29) is 30.7 Å². The smallest absolute Gasteiger partial charge is 0.338 e. The quantitative estimate of drug-likeness (QED) is 0.629. The molecule has 0 unspecified atom stereocenters. The SMILES string of the molecule is CCOC(=O)c1ccc(S(=O)(=O)N(Cc2cccnc2)C[C@@H]2CCCO2)cc1. The summed E-state index contributed by atoms with van der Waals surface area (Å²) >= 11 is 0. The van der Waals surface area contributed by atoms with Gasteiger partial charge in [-0.2, -0.15) is 4.31 Å². The van der Waals surface area contributed by atoms with Crippen LogP contribution in [0.4, 0.5) is 0 Å². The molecule has 1 aromatic carbocycles. The lowest BCUT2D eigenvalue weighted by Gasteiger charge is -2.25. The first kappa shape index (κ1) is 20.4. The third-order valence-corrected chi connectivity index (χ3v) is 6.34. The number of nitrogens with zero attached hydrogens (tertiary/aromatic N) is 2. The molecule has 0 saturated carbocycles. The first-order chi connectivity index (χ1) is 13.5. The number of sulfonamides is 1. The molecule has 0 radical (unpaired) electrons. The monoisotopic (exact) mass is 404 g/mol. The summed E-state index contributed by atoms with van der Waals surface area (Å²) in [6, 6.07) is 9.44. The highest BCUT2D eigenvalue weighted by molar-refractivity contribution is 7.89. The van der Waals surface area contributed by atoms with Crippen LogP contribution < -0.4 is 0 Å². The molecule has 150 valence electrons. The number of pyridine rings is 1. The largest absolute Gasteiger partial charge is 0.462 e. The Labute approximate surface area is 165 Å². The van der Waals surface area contributed by atoms with Crippen LogP contribution in [0.5, 0.6) is 0 Å². The van der Waals surface area contributed by atoms with E-state index in [0.29, 0.717) is 12.2 Å². The molecular weight excluding hydrogens is 380 g/mol. The first-order valence-corrected chi connectivity index (χ1v) is 10.7. The Hall–Kier alpha value is -2.29. The molecule has 8 heteroatoms. The van der Waals surface area contributed by atoms with E-state index in [9.17, 15) is 13.2 Å². The van der Waals surface area contributed by atoms with Gasteiger partial charge in [0.25, 0.3) is 0 Å². The number of benzene rings is 1. The minimum atomic E-state index is -3.77. The molecule has 1 saturated heterocycles. The molecule has 3 rings (SSSR count). The van der Waals surface area contributed by atoms with Crippen molar-refractivity contribution in [3.63, 3.8) is 0 Å². The van der Waals surface area contributed by atoms with Gasteiger partial charge in [-0.1, -0.05) is 6.07 Å². The summed E-state index contributed by atoms with van der Waals surface area (Å²) in [7, 11) is -3.77. The topological polar surface area (TPSA) is 85.8 Å². The average molecular weight is 404 g/mol. The molecule has 1 aromatic heterocycles. The van der Waals surface area contributed by atoms with Crippen molar-refractivity contribution in [1.29, 1.82) is 0 Å². The highest BCUT2D eigenvalue weighted by Crippen LogP contribution is 2.22. The zero-order chi connectivity index (χ0) is 20.0. The van der Waals surface area contributed by atoms with Crippen molar-refractivity contribution in [2.24, 2.45) is 0 Å². The highest BCUT2D eigenvalue weighted by Gasteiger charge is 2.29. The maximum absolute atomic E-state index is 13.3. The van der Waals surface area contributed by atoms with Crippen molar-refractivity contribution in [2.75, 3.05) is 19.8 Å². The number of aromatic nitrogens is 1. The molecule has 0 N–H and O–H groups in total. The number of esters is 1. The minimum absolute atomic E-state index is 0.120. The lowest BCUT2D eigenvalue weighted by Crippen LogP contribution is -2.37. The normalized spacial score (nSPS) is 17.0. The van der Waals surface area contributed by atoms with Crippen LogP contribution in [0.25, 0.3) is 0 Å². The fourth-order valence-electron chi connectivity index (χ4n) is 3.08. The molecule has 0 aliphatic carbocycles. The fourth-order valence-corrected chi connectivity index (χ4v) is 4.54. The van der Waals surface area contributed by atoms with E-state index in [1.54, 1.807) is 25.4 Å². The van der Waals surface area contributed by atoms with Crippen LogP contribution in [0.3, 0.4) is 0 Å². The van der Waals surface area contributed by atoms with E-state index in [0.717, 1.165) is 18.4 Å². The van der Waals surface area contributed by atoms with Crippen molar-refractivity contribution >= 4 is 16.0 Å². The zero-order valence-electron chi connectivity index (χ0n) is 15.8. The Balaban J connectivity index is 1.85. The number of ether oxygens (including phenoxy) is 2. The van der Waals surface area contributed by atoms with Crippen molar-refractivity contribution in [3.05, 3.63) is 59.9 Å². The Morgan fingerprint density at radius 1 is 1.29 bits per heavy atom. The van der Waals surface area contributed by atoms with Gasteiger partial charge in [0.05, 0.1) is 23.2 Å². The van der Waals surface area contributed by atoms with Crippen LogP contribution >= 0.6 is 0 Å². The lowest BCUT2D eigenvalue weighted by atomic mass is 10.2. The van der Waals surface area contributed by atoms with Gasteiger partial charge in [-0.25, -0.2) is 13.2 Å². The van der Waals surface area contributed by atoms with Crippen LogP contribution in [0.1, 0.15) is 35.7 Å². The van der Waals surface area contributed by atoms with Gasteiger partial charge in [0.2, 0.25) is 10.0 Å². The highest BCUT2D eigenvalue weighted by atomic mass is 32.2. The van der Waals surface area contributed by atoms with E-state index in [4.69, 9.17) is 9.47 Å². The third-order valence-electron chi connectivity index (χ3n) is 4.52. The summed E-state index contributed by atoms with van der Waals surface area (Å²) < 4.78 is 38.5. The van der Waals surface area contributed by atoms with Crippen molar-refractivity contribution in [2.45, 2.75) is 37.3 Å². The number of carbonyl (C=O) groups excluding carboxylic acids is 1. The Kier molecular flexibility index (Phi) is 6.77. The minimum Gasteiger partial charge on any atom is -0.462 e. The Bertz CT molecular complexity index is 879. The van der Waals surface area contributed by atoms with Gasteiger partial charge in [-0.3, -0.25) is 4.98 Å². The van der Waals surface area contributed by atoms with Crippen molar-refractivity contribution < 1.29 is 22.7 Å². The predicted octanol–water partition coefficient (Wildman–Crippen LogP) is 2.63. The van der Waals surface area contributed by atoms with Crippen molar-refractivity contribution in [3.8, 4) is 0 Å². The Morgan fingerprint density at radius 2 is 2.07 bits per heavy atom. The summed E-state index contributed by atoms with van der Waals surface area (Å²) in [5, 5.41) is 0. The first-order valence-electron chi connectivity index (χ1n) is 9.28. The van der Waals surface area contributed by atoms with E-state index >= 15 is 0 Å². The van der Waals surface area contributed by atoms with Gasteiger partial charge in [-0.15, -0.1) is 0 Å². The summed E-state index contributed by atoms with van der Waals surface area (Å²) in [5.74, 6) is -0.474. The molecule has 1 aliphatic heterocycles. The van der Waals surface area contributed by atoms with Crippen LogP contribution in [0.15, 0.2) is 53.7 Å². The molecule has 1 fully saturated rings. The third kappa shape index (κ3) is 4.95. The zero-order valence-corrected chi connectivity index (χ0v) is 16.6. The number of hydrogen-bond donors (Lipinski definition) is 0. The van der Waals surface area contributed by atoms with Crippen LogP contribution in [0.2, 0.25) is 0 Å². The van der Waals surface area contributed by atoms with Crippen LogP contribution in [-0.2, 0) is 26.0 Å². The number of rotatable bonds is 8. The van der Waals surface area contributed by atoms with Gasteiger partial charge < -0.3 is 9.47 Å². The molecule has 1 atom stereocenters. The molecule has 0 amide bonds. The molecule has 28 heavy (non-hydrogen) atoms. The fraction of sp³-hybridized carbons (Fsp3) is 0.400. The Morgan fingerprint density at radius 3 is 2.68 bits per heavy atom. The summed E-state index contributed by atoms with van der Waals surface area (Å²) in [6.07, 6.45) is 4.95. The van der Waals surface area contributed by atoms with Gasteiger partial charge >= 0.3 is 5.97 Å². The molecule has 1 aliphatic rings. The maximum Gasteiger partial charge on any atom is 0.338 e. The van der Waals surface area contributed by atoms with Crippen molar-refractivity contribution in [1.82, 2.24) is 9.29 Å². The summed E-state index contributed by atoms with van der Waals surface area (Å²) in [4.78, 5) is 16.0. The molecule has 0 spiro atoms. The average Bonchev–Trinajstić information content (AvgIpc) is 3.22. The number of hydrogen-bond acceptors (Lipinski definition) is 6. The number of carbonyl (C=O) groups is 1. The van der Waals surface area contributed by atoms with E-state index < -0.39 is 16.0 Å². The molecule has 7 nitrogen and oxygen atoms in total. The van der Waals surface area contributed by atoms with Crippen LogP contribution in [0, 0.1) is 0 Å². The van der Waals surface area contributed by atoms with Gasteiger partial charge in [0, 0.05) is 32.1 Å². The molecule has 0 bridgehead atoms. The van der Waals surface area contributed by atoms with Gasteiger partial charge in [0.1, 0.15) is 0 Å². The van der Waals surface area contributed by atoms with E-state index in [1.165, 1.54) is 28.6 Å². The lowest BCUT2D eigenvalue weighted by molar-refractivity contribution is 0.0526. The summed E-state index contributed by atoms with van der Waals surface area (Å²) in [5.41, 5.74) is 1.12.